The number of aryl methyl sites for hydroxylation is 2. The van der Waals surface area contributed by atoms with Crippen molar-refractivity contribution in [1.29, 1.82) is 0 Å². The zero-order chi connectivity index (χ0) is 14.1. The van der Waals surface area contributed by atoms with E-state index in [-0.39, 0.29) is 0 Å². The molecule has 3 nitrogen and oxygen atoms in total. The van der Waals surface area contributed by atoms with Crippen LogP contribution in [-0.2, 0) is 0 Å². The summed E-state index contributed by atoms with van der Waals surface area (Å²) >= 11 is 3.47. The van der Waals surface area contributed by atoms with Gasteiger partial charge in [-0.2, -0.15) is 0 Å². The Morgan fingerprint density at radius 1 is 1.10 bits per heavy atom. The van der Waals surface area contributed by atoms with Gasteiger partial charge in [0.05, 0.1) is 11.2 Å². The second kappa shape index (κ2) is 5.21. The monoisotopic (exact) mass is 327 g/mol. The predicted molar refractivity (Wildman–Crippen MR) is 86.4 cm³/mol. The first-order chi connectivity index (χ1) is 9.63. The van der Waals surface area contributed by atoms with Gasteiger partial charge in [0.2, 0.25) is 0 Å². The molecule has 3 rings (SSSR count). The van der Waals surface area contributed by atoms with Crippen LogP contribution in [0.25, 0.3) is 10.9 Å². The minimum Gasteiger partial charge on any atom is -0.340 e. The lowest BCUT2D eigenvalue weighted by Crippen LogP contribution is -1.97. The van der Waals surface area contributed by atoms with Gasteiger partial charge in [-0.15, -0.1) is 0 Å². The smallest absolute Gasteiger partial charge is 0.130 e. The quantitative estimate of drug-likeness (QED) is 0.737. The highest BCUT2D eigenvalue weighted by atomic mass is 79.9. The molecule has 2 heterocycles. The molecule has 0 atom stereocenters. The molecule has 4 heteroatoms. The zero-order valence-corrected chi connectivity index (χ0v) is 12.9. The molecule has 0 saturated heterocycles. The number of para-hydroxylation sites is 1. The van der Waals surface area contributed by atoms with Gasteiger partial charge in [-0.05, 0) is 53.5 Å². The lowest BCUT2D eigenvalue weighted by molar-refractivity contribution is 1.23. The molecule has 0 bridgehead atoms. The van der Waals surface area contributed by atoms with Gasteiger partial charge in [0.15, 0.2) is 0 Å². The summed E-state index contributed by atoms with van der Waals surface area (Å²) in [7, 11) is 0. The van der Waals surface area contributed by atoms with E-state index in [1.165, 1.54) is 0 Å². The van der Waals surface area contributed by atoms with Crippen LogP contribution < -0.4 is 5.32 Å². The fourth-order valence-corrected chi connectivity index (χ4v) is 2.37. The Labute approximate surface area is 126 Å². The minimum absolute atomic E-state index is 0.835. The first-order valence-corrected chi connectivity index (χ1v) is 7.18. The average molecular weight is 328 g/mol. The zero-order valence-electron chi connectivity index (χ0n) is 11.3. The number of aromatic nitrogens is 2. The SMILES string of the molecule is Cc1cc(Nc2cc(C)c(Br)cn2)c2ccccc2n1. The number of pyridine rings is 2. The van der Waals surface area contributed by atoms with Gasteiger partial charge in [0, 0.05) is 21.7 Å². The maximum absolute atomic E-state index is 4.54. The van der Waals surface area contributed by atoms with E-state index in [9.17, 15) is 0 Å². The van der Waals surface area contributed by atoms with E-state index >= 15 is 0 Å². The van der Waals surface area contributed by atoms with Crippen molar-refractivity contribution >= 4 is 38.3 Å². The Kier molecular flexibility index (Phi) is 3.40. The van der Waals surface area contributed by atoms with E-state index in [4.69, 9.17) is 0 Å². The molecule has 0 radical (unpaired) electrons. The van der Waals surface area contributed by atoms with Gasteiger partial charge < -0.3 is 5.32 Å². The Bertz CT molecular complexity index is 784. The molecule has 0 amide bonds. The molecule has 0 aliphatic rings. The molecule has 3 aromatic rings. The molecule has 0 aliphatic heterocycles. The number of nitrogens with zero attached hydrogens (tertiary/aromatic N) is 2. The van der Waals surface area contributed by atoms with Crippen LogP contribution in [0.3, 0.4) is 0 Å². The Hall–Kier alpha value is -1.94. The first kappa shape index (κ1) is 13.1. The average Bonchev–Trinajstić information content (AvgIpc) is 2.43. The standard InChI is InChI=1S/C16H14BrN3/c1-10-7-16(18-9-13(10)17)20-15-8-11(2)19-14-6-4-3-5-12(14)15/h3-9H,1-2H3,(H,18,19,20). The van der Waals surface area contributed by atoms with Crippen molar-refractivity contribution in [3.05, 3.63) is 58.3 Å². The van der Waals surface area contributed by atoms with Crippen molar-refractivity contribution < 1.29 is 0 Å². The van der Waals surface area contributed by atoms with E-state index in [1.807, 2.05) is 50.4 Å². The number of fused-ring (bicyclic) bond motifs is 1. The molecule has 1 N–H and O–H groups in total. The molecule has 100 valence electrons. The third kappa shape index (κ3) is 2.51. The summed E-state index contributed by atoms with van der Waals surface area (Å²) in [6, 6.07) is 12.2. The van der Waals surface area contributed by atoms with Crippen LogP contribution in [0, 0.1) is 13.8 Å². The summed E-state index contributed by atoms with van der Waals surface area (Å²) in [5, 5.41) is 4.48. The summed E-state index contributed by atoms with van der Waals surface area (Å²) in [5.74, 6) is 0.835. The first-order valence-electron chi connectivity index (χ1n) is 6.39. The molecule has 0 spiro atoms. The van der Waals surface area contributed by atoms with Crippen molar-refractivity contribution in [2.45, 2.75) is 13.8 Å². The number of benzene rings is 1. The molecule has 2 aromatic heterocycles. The summed E-state index contributed by atoms with van der Waals surface area (Å²) in [5.41, 5.74) is 4.16. The van der Waals surface area contributed by atoms with E-state index in [0.717, 1.165) is 38.1 Å². The van der Waals surface area contributed by atoms with Gasteiger partial charge in [-0.25, -0.2) is 4.98 Å². The maximum atomic E-state index is 4.54. The number of hydrogen-bond acceptors (Lipinski definition) is 3. The fourth-order valence-electron chi connectivity index (χ4n) is 2.16. The molecule has 1 aromatic carbocycles. The second-order valence-electron chi connectivity index (χ2n) is 4.77. The Morgan fingerprint density at radius 2 is 1.90 bits per heavy atom. The highest BCUT2D eigenvalue weighted by Crippen LogP contribution is 2.26. The second-order valence-corrected chi connectivity index (χ2v) is 5.63. The van der Waals surface area contributed by atoms with E-state index < -0.39 is 0 Å². The predicted octanol–water partition coefficient (Wildman–Crippen LogP) is 4.75. The van der Waals surface area contributed by atoms with Crippen LogP contribution in [0.2, 0.25) is 0 Å². The van der Waals surface area contributed by atoms with E-state index in [1.54, 1.807) is 0 Å². The molecule has 0 aliphatic carbocycles. The summed E-state index contributed by atoms with van der Waals surface area (Å²) in [6.07, 6.45) is 1.81. The molecule has 0 fully saturated rings. The van der Waals surface area contributed by atoms with Crippen molar-refractivity contribution in [1.82, 2.24) is 9.97 Å². The third-order valence-electron chi connectivity index (χ3n) is 3.15. The fraction of sp³-hybridized carbons (Fsp3) is 0.125. The van der Waals surface area contributed by atoms with Crippen LogP contribution in [0.15, 0.2) is 47.1 Å². The van der Waals surface area contributed by atoms with Crippen molar-refractivity contribution in [3.63, 3.8) is 0 Å². The summed E-state index contributed by atoms with van der Waals surface area (Å²) < 4.78 is 1.01. The minimum atomic E-state index is 0.835. The van der Waals surface area contributed by atoms with Crippen LogP contribution >= 0.6 is 15.9 Å². The van der Waals surface area contributed by atoms with Gasteiger partial charge in [0.25, 0.3) is 0 Å². The number of hydrogen-bond donors (Lipinski definition) is 1. The topological polar surface area (TPSA) is 37.8 Å². The largest absolute Gasteiger partial charge is 0.340 e. The van der Waals surface area contributed by atoms with Crippen LogP contribution in [-0.4, -0.2) is 9.97 Å². The van der Waals surface area contributed by atoms with Gasteiger partial charge in [-0.1, -0.05) is 18.2 Å². The molecule has 20 heavy (non-hydrogen) atoms. The lowest BCUT2D eigenvalue weighted by atomic mass is 10.1. The number of anilines is 2. The van der Waals surface area contributed by atoms with Crippen LogP contribution in [0.5, 0.6) is 0 Å². The van der Waals surface area contributed by atoms with Crippen LogP contribution in [0.1, 0.15) is 11.3 Å². The van der Waals surface area contributed by atoms with Gasteiger partial charge in [-0.3, -0.25) is 4.98 Å². The highest BCUT2D eigenvalue weighted by Gasteiger charge is 2.05. The third-order valence-corrected chi connectivity index (χ3v) is 3.98. The summed E-state index contributed by atoms with van der Waals surface area (Å²) in [4.78, 5) is 8.93. The lowest BCUT2D eigenvalue weighted by Gasteiger charge is -2.11. The molecular weight excluding hydrogens is 314 g/mol. The van der Waals surface area contributed by atoms with E-state index in [2.05, 4.69) is 37.3 Å². The number of rotatable bonds is 2. The summed E-state index contributed by atoms with van der Waals surface area (Å²) in [6.45, 7) is 4.05. The van der Waals surface area contributed by atoms with Gasteiger partial charge in [0.1, 0.15) is 5.82 Å². The maximum Gasteiger partial charge on any atom is 0.130 e. The normalized spacial score (nSPS) is 10.8. The highest BCUT2D eigenvalue weighted by molar-refractivity contribution is 9.10. The van der Waals surface area contributed by atoms with Crippen molar-refractivity contribution in [2.75, 3.05) is 5.32 Å². The molecule has 0 saturated carbocycles. The Balaban J connectivity index is 2.07. The van der Waals surface area contributed by atoms with Crippen molar-refractivity contribution in [3.8, 4) is 0 Å². The van der Waals surface area contributed by atoms with Crippen LogP contribution in [0.4, 0.5) is 11.5 Å². The molecule has 0 unspecified atom stereocenters. The number of halogens is 1. The molecular formula is C16H14BrN3. The van der Waals surface area contributed by atoms with Gasteiger partial charge >= 0.3 is 0 Å². The number of nitrogens with one attached hydrogen (secondary N) is 1. The van der Waals surface area contributed by atoms with Crippen molar-refractivity contribution in [2.24, 2.45) is 0 Å². The Morgan fingerprint density at radius 3 is 2.70 bits per heavy atom. The van der Waals surface area contributed by atoms with E-state index in [0.29, 0.717) is 0 Å².